The van der Waals surface area contributed by atoms with Gasteiger partial charge in [0.25, 0.3) is 0 Å². The van der Waals surface area contributed by atoms with Gasteiger partial charge in [0.1, 0.15) is 5.75 Å². The first kappa shape index (κ1) is 13.5. The van der Waals surface area contributed by atoms with Gasteiger partial charge < -0.3 is 4.74 Å². The van der Waals surface area contributed by atoms with Crippen molar-refractivity contribution in [2.75, 3.05) is 0 Å². The zero-order valence-electron chi connectivity index (χ0n) is 11.8. The van der Waals surface area contributed by atoms with E-state index in [1.807, 2.05) is 0 Å². The topological polar surface area (TPSA) is 9.23 Å². The van der Waals surface area contributed by atoms with Crippen LogP contribution in [-0.4, -0.2) is 6.10 Å². The Bertz CT molecular complexity index is 413. The van der Waals surface area contributed by atoms with E-state index in [-0.39, 0.29) is 6.10 Å². The summed E-state index contributed by atoms with van der Waals surface area (Å²) in [6.07, 6.45) is 6.03. The minimum Gasteiger partial charge on any atom is -0.491 e. The van der Waals surface area contributed by atoms with Crippen LogP contribution in [0.1, 0.15) is 49.9 Å². The lowest BCUT2D eigenvalue weighted by molar-refractivity contribution is 0.242. The highest BCUT2D eigenvalue weighted by molar-refractivity contribution is 9.09. The molecule has 2 heteroatoms. The molecule has 3 rings (SSSR count). The van der Waals surface area contributed by atoms with Gasteiger partial charge in [0.2, 0.25) is 0 Å². The number of hydrogen-bond acceptors (Lipinski definition) is 1. The van der Waals surface area contributed by atoms with Gasteiger partial charge in [-0.2, -0.15) is 0 Å². The van der Waals surface area contributed by atoms with E-state index in [2.05, 4.69) is 54.0 Å². The Morgan fingerprint density at radius 1 is 1.05 bits per heavy atom. The molecule has 3 unspecified atom stereocenters. The fourth-order valence-corrected chi connectivity index (χ4v) is 4.80. The van der Waals surface area contributed by atoms with Crippen LogP contribution in [0.3, 0.4) is 0 Å². The third-order valence-electron chi connectivity index (χ3n) is 4.63. The molecule has 3 atom stereocenters. The predicted molar refractivity (Wildman–Crippen MR) is 82.8 cm³/mol. The molecule has 1 aromatic carbocycles. The Hall–Kier alpha value is -0.500. The summed E-state index contributed by atoms with van der Waals surface area (Å²) in [6, 6.07) is 8.66. The van der Waals surface area contributed by atoms with Crippen LogP contribution in [0, 0.1) is 17.8 Å². The molecule has 2 aliphatic rings. The number of alkyl halides is 1. The molecule has 104 valence electrons. The van der Waals surface area contributed by atoms with Gasteiger partial charge >= 0.3 is 0 Å². The van der Waals surface area contributed by atoms with Crippen molar-refractivity contribution >= 4 is 15.9 Å². The lowest BCUT2D eigenvalue weighted by Gasteiger charge is -2.13. The first-order valence-electron chi connectivity index (χ1n) is 7.57. The summed E-state index contributed by atoms with van der Waals surface area (Å²) in [5.74, 6) is 3.83. The van der Waals surface area contributed by atoms with Gasteiger partial charge in [0.05, 0.1) is 6.10 Å². The third kappa shape index (κ3) is 2.84. The molecule has 2 fully saturated rings. The second-order valence-corrected chi connectivity index (χ2v) is 7.31. The van der Waals surface area contributed by atoms with Crippen LogP contribution in [0.5, 0.6) is 5.75 Å². The van der Waals surface area contributed by atoms with Crippen molar-refractivity contribution in [2.24, 2.45) is 17.8 Å². The van der Waals surface area contributed by atoms with E-state index in [0.717, 1.165) is 23.5 Å². The smallest absolute Gasteiger partial charge is 0.119 e. The highest BCUT2D eigenvalue weighted by Gasteiger charge is 2.53. The highest BCUT2D eigenvalue weighted by Crippen LogP contribution is 2.62. The van der Waals surface area contributed by atoms with Gasteiger partial charge in [-0.1, -0.05) is 40.9 Å². The van der Waals surface area contributed by atoms with E-state index in [1.54, 1.807) is 0 Å². The largest absolute Gasteiger partial charge is 0.491 e. The molecule has 0 amide bonds. The summed E-state index contributed by atoms with van der Waals surface area (Å²) in [4.78, 5) is 0.536. The summed E-state index contributed by atoms with van der Waals surface area (Å²) in [7, 11) is 0. The van der Waals surface area contributed by atoms with Crippen molar-refractivity contribution in [3.05, 3.63) is 29.8 Å². The van der Waals surface area contributed by atoms with E-state index in [9.17, 15) is 0 Å². The molecule has 1 aromatic rings. The lowest BCUT2D eigenvalue weighted by Crippen LogP contribution is -2.05. The van der Waals surface area contributed by atoms with Gasteiger partial charge in [-0.15, -0.1) is 0 Å². The molecular formula is C17H23BrO. The molecular weight excluding hydrogens is 300 g/mol. The van der Waals surface area contributed by atoms with Crippen LogP contribution in [0.4, 0.5) is 0 Å². The number of benzene rings is 1. The van der Waals surface area contributed by atoms with E-state index in [1.165, 1.54) is 31.2 Å². The molecule has 0 spiro atoms. The first-order valence-corrected chi connectivity index (χ1v) is 8.49. The maximum Gasteiger partial charge on any atom is 0.119 e. The Labute approximate surface area is 124 Å². The monoisotopic (exact) mass is 322 g/mol. The summed E-state index contributed by atoms with van der Waals surface area (Å²) >= 11 is 3.94. The number of hydrogen-bond donors (Lipinski definition) is 0. The van der Waals surface area contributed by atoms with Crippen molar-refractivity contribution in [3.63, 3.8) is 0 Å². The minimum absolute atomic E-state index is 0.247. The summed E-state index contributed by atoms with van der Waals surface area (Å²) in [6.45, 7) is 4.13. The second kappa shape index (κ2) is 5.47. The Balaban J connectivity index is 1.65. The highest BCUT2D eigenvalue weighted by atomic mass is 79.9. The molecule has 0 aliphatic heterocycles. The van der Waals surface area contributed by atoms with Gasteiger partial charge in [0, 0.05) is 4.83 Å². The Kier molecular flexibility index (Phi) is 3.88. The number of rotatable bonds is 4. The van der Waals surface area contributed by atoms with Crippen LogP contribution in [-0.2, 0) is 0 Å². The maximum atomic E-state index is 5.70. The van der Waals surface area contributed by atoms with Gasteiger partial charge in [-0.25, -0.2) is 0 Å². The molecule has 0 bridgehead atoms. The second-order valence-electron chi connectivity index (χ2n) is 6.33. The van der Waals surface area contributed by atoms with Crippen LogP contribution >= 0.6 is 15.9 Å². The lowest BCUT2D eigenvalue weighted by atomic mass is 10.0. The maximum absolute atomic E-state index is 5.70. The fourth-order valence-electron chi connectivity index (χ4n) is 3.71. The molecule has 0 heterocycles. The van der Waals surface area contributed by atoms with Crippen LogP contribution in [0.15, 0.2) is 24.3 Å². The van der Waals surface area contributed by atoms with Crippen molar-refractivity contribution < 1.29 is 4.74 Å². The van der Waals surface area contributed by atoms with Crippen molar-refractivity contribution in [1.82, 2.24) is 0 Å². The average molecular weight is 323 g/mol. The molecule has 0 saturated heterocycles. The molecule has 0 N–H and O–H groups in total. The van der Waals surface area contributed by atoms with Gasteiger partial charge in [-0.05, 0) is 62.1 Å². The molecule has 0 aromatic heterocycles. The molecule has 1 nitrogen and oxygen atoms in total. The normalized spacial score (nSPS) is 30.8. The van der Waals surface area contributed by atoms with Gasteiger partial charge in [0.15, 0.2) is 0 Å². The summed E-state index contributed by atoms with van der Waals surface area (Å²) < 4.78 is 5.70. The summed E-state index contributed by atoms with van der Waals surface area (Å²) in [5.41, 5.74) is 1.41. The van der Waals surface area contributed by atoms with E-state index < -0.39 is 0 Å². The van der Waals surface area contributed by atoms with E-state index in [4.69, 9.17) is 4.74 Å². The Morgan fingerprint density at radius 3 is 2.16 bits per heavy atom. The van der Waals surface area contributed by atoms with Crippen molar-refractivity contribution in [3.8, 4) is 5.75 Å². The average Bonchev–Trinajstić information content (AvgIpc) is 3.12. The molecule has 2 aliphatic carbocycles. The third-order valence-corrected chi connectivity index (χ3v) is 5.77. The van der Waals surface area contributed by atoms with Crippen molar-refractivity contribution in [2.45, 2.75) is 50.5 Å². The standard InChI is InChI=1S/C17H23BrO/c1-11(2)19-13-9-7-12(8-10-13)17(18)16-14-5-3-4-6-15(14)16/h7-11,14-17H,3-6H2,1-2H3. The number of ether oxygens (including phenoxy) is 1. The fraction of sp³-hybridized carbons (Fsp3) is 0.647. The van der Waals surface area contributed by atoms with Crippen LogP contribution in [0.25, 0.3) is 0 Å². The predicted octanol–water partition coefficient (Wildman–Crippen LogP) is 5.35. The minimum atomic E-state index is 0.247. The molecule has 2 saturated carbocycles. The summed E-state index contributed by atoms with van der Waals surface area (Å²) in [5, 5.41) is 0. The Morgan fingerprint density at radius 2 is 1.63 bits per heavy atom. The van der Waals surface area contributed by atoms with Crippen molar-refractivity contribution in [1.29, 1.82) is 0 Å². The van der Waals surface area contributed by atoms with Gasteiger partial charge in [-0.3, -0.25) is 0 Å². The number of halogens is 1. The molecule has 0 radical (unpaired) electrons. The molecule has 19 heavy (non-hydrogen) atoms. The zero-order valence-corrected chi connectivity index (χ0v) is 13.4. The van der Waals surface area contributed by atoms with E-state index in [0.29, 0.717) is 4.83 Å². The van der Waals surface area contributed by atoms with Crippen LogP contribution < -0.4 is 4.74 Å². The SMILES string of the molecule is CC(C)Oc1ccc(C(Br)C2C3CCCCC32)cc1. The first-order chi connectivity index (χ1) is 9.16. The number of fused-ring (bicyclic) bond motifs is 1. The van der Waals surface area contributed by atoms with E-state index >= 15 is 0 Å². The quantitative estimate of drug-likeness (QED) is 0.679. The van der Waals surface area contributed by atoms with Crippen LogP contribution in [0.2, 0.25) is 0 Å². The zero-order chi connectivity index (χ0) is 13.4.